The number of nitrogens with two attached hydrogens (primary N) is 1. The van der Waals surface area contributed by atoms with Crippen molar-refractivity contribution in [3.63, 3.8) is 0 Å². The van der Waals surface area contributed by atoms with E-state index in [-0.39, 0.29) is 35.7 Å². The number of alkyl carbamates (subject to hydrolysis) is 1. The lowest BCUT2D eigenvalue weighted by atomic mass is 9.90. The molecule has 3 amide bonds. The van der Waals surface area contributed by atoms with Gasteiger partial charge in [0, 0.05) is 36.4 Å². The molecule has 1 saturated carbocycles. The number of aromatic amines is 2. The number of carbonyl (C=O) groups is 3. The van der Waals surface area contributed by atoms with Gasteiger partial charge in [0.1, 0.15) is 23.7 Å². The number of fused-ring (bicyclic) bond motifs is 6. The highest BCUT2D eigenvalue weighted by Crippen LogP contribution is 2.40. The number of hydrogen-bond donors (Lipinski definition) is 4. The van der Waals surface area contributed by atoms with Crippen molar-refractivity contribution in [2.75, 3.05) is 33.4 Å². The van der Waals surface area contributed by atoms with E-state index >= 15 is 0 Å². The Morgan fingerprint density at radius 3 is 1.97 bits per heavy atom. The molecule has 5 aromatic carbocycles. The highest BCUT2D eigenvalue weighted by molar-refractivity contribution is 6.07. The number of methoxy groups -OCH3 is 1. The molecule has 0 radical (unpaired) electrons. The number of benzene rings is 5. The first-order valence-corrected chi connectivity index (χ1v) is 23.8. The van der Waals surface area contributed by atoms with Crippen LogP contribution in [0.25, 0.3) is 54.7 Å². The van der Waals surface area contributed by atoms with Crippen LogP contribution in [0.3, 0.4) is 0 Å². The van der Waals surface area contributed by atoms with Gasteiger partial charge in [-0.3, -0.25) is 9.59 Å². The molecule has 342 valence electrons. The summed E-state index contributed by atoms with van der Waals surface area (Å²) in [5.41, 5.74) is 13.2. The Morgan fingerprint density at radius 2 is 1.35 bits per heavy atom. The molecule has 7 aromatic rings. The number of carbonyl (C=O) groups excluding carboxylic acids is 3. The van der Waals surface area contributed by atoms with Crippen LogP contribution < -0.4 is 11.1 Å². The smallest absolute Gasteiger partial charge is 0.407 e. The van der Waals surface area contributed by atoms with Crippen molar-refractivity contribution in [3.05, 3.63) is 108 Å². The Balaban J connectivity index is 0.898. The first-order chi connectivity index (χ1) is 32.1. The monoisotopic (exact) mass is 888 g/mol. The van der Waals surface area contributed by atoms with Gasteiger partial charge in [0.25, 0.3) is 0 Å². The zero-order valence-electron chi connectivity index (χ0n) is 38.1. The van der Waals surface area contributed by atoms with Crippen LogP contribution in [0.15, 0.2) is 91.0 Å². The fraction of sp³-hybridized carbons (Fsp3) is 0.415. The van der Waals surface area contributed by atoms with Gasteiger partial charge in [-0.15, -0.1) is 0 Å². The highest BCUT2D eigenvalue weighted by Gasteiger charge is 2.41. The molecule has 2 aliphatic heterocycles. The standard InChI is InChI=1S/C53H60N8O5/c1-31(2)46(59-53(64)65-3)52(63)60-24-10-15-43(60)49-55-41-22-18-37-26-35(16-20-39(37)47(41)57-49)36-17-21-40-38(27-36)19-23-42-48(40)58-50(56-42)44-25-33(30-66-29-32-11-6-4-7-12-32)28-61(44)51(62)45(54)34-13-8-5-9-14-34/h5,8-9,13-14,16-23,26-27,31-33,43-46H,4,6-7,10-12,15,24-25,28-30,54H2,1-3H3,(H,55,57)(H,56,58)(H,59,64)/t33-,43-,44-,45+,46-/m0/s1. The minimum Gasteiger partial charge on any atom is -0.453 e. The SMILES string of the molecule is COC(=O)N[C@H](C(=O)N1CCC[C@H]1c1nc2c(ccc3cc(-c4ccc5c(ccc6[nH]c([C@@H]7C[C@H](COCC8CCCCC8)CN7C(=O)[C@H](N)c7ccccc7)nc65)c4)ccc32)[nH]1)C(C)C. The van der Waals surface area contributed by atoms with Gasteiger partial charge in [0.15, 0.2) is 0 Å². The molecule has 3 fully saturated rings. The highest BCUT2D eigenvalue weighted by atomic mass is 16.5. The number of nitrogens with zero attached hydrogens (tertiary/aromatic N) is 4. The zero-order valence-corrected chi connectivity index (χ0v) is 38.1. The normalized spacial score (nSPS) is 20.2. The molecule has 10 rings (SSSR count). The van der Waals surface area contributed by atoms with Crippen molar-refractivity contribution < 1.29 is 23.9 Å². The van der Waals surface area contributed by atoms with Crippen molar-refractivity contribution in [3.8, 4) is 11.1 Å². The summed E-state index contributed by atoms with van der Waals surface area (Å²) in [5, 5.41) is 6.93. The molecule has 5 atom stereocenters. The third kappa shape index (κ3) is 8.50. The second kappa shape index (κ2) is 18.5. The minimum atomic E-state index is -0.765. The molecular weight excluding hydrogens is 829 g/mol. The van der Waals surface area contributed by atoms with Crippen molar-refractivity contribution in [2.45, 2.75) is 89.4 Å². The summed E-state index contributed by atoms with van der Waals surface area (Å²) >= 11 is 0. The number of ether oxygens (including phenoxy) is 2. The summed E-state index contributed by atoms with van der Waals surface area (Å²) in [4.78, 5) is 61.3. The van der Waals surface area contributed by atoms with Gasteiger partial charge in [0.05, 0.1) is 47.9 Å². The quantitative estimate of drug-likeness (QED) is 0.0940. The van der Waals surface area contributed by atoms with Crippen LogP contribution in [-0.2, 0) is 19.1 Å². The Bertz CT molecular complexity index is 2900. The molecule has 66 heavy (non-hydrogen) atoms. The van der Waals surface area contributed by atoms with Crippen LogP contribution in [0.2, 0.25) is 0 Å². The van der Waals surface area contributed by atoms with Gasteiger partial charge >= 0.3 is 6.09 Å². The van der Waals surface area contributed by atoms with Gasteiger partial charge in [0.2, 0.25) is 11.8 Å². The number of amides is 3. The molecule has 4 heterocycles. The van der Waals surface area contributed by atoms with E-state index in [0.29, 0.717) is 25.6 Å². The third-order valence-corrected chi connectivity index (χ3v) is 14.4. The molecule has 0 unspecified atom stereocenters. The average Bonchev–Trinajstić information content (AvgIpc) is 4.18. The van der Waals surface area contributed by atoms with E-state index < -0.39 is 18.2 Å². The van der Waals surface area contributed by atoms with Gasteiger partial charge in [-0.05, 0) is 95.7 Å². The zero-order chi connectivity index (χ0) is 45.5. The first kappa shape index (κ1) is 43.6. The van der Waals surface area contributed by atoms with Crippen molar-refractivity contribution in [1.82, 2.24) is 35.1 Å². The minimum absolute atomic E-state index is 0.0987. The van der Waals surface area contributed by atoms with Crippen LogP contribution in [-0.4, -0.2) is 87.1 Å². The summed E-state index contributed by atoms with van der Waals surface area (Å²) in [7, 11) is 1.30. The number of imidazole rings is 2. The topological polar surface area (TPSA) is 172 Å². The van der Waals surface area contributed by atoms with Gasteiger partial charge in [-0.2, -0.15) is 0 Å². The summed E-state index contributed by atoms with van der Waals surface area (Å²) in [5.74, 6) is 1.99. The molecule has 2 saturated heterocycles. The molecule has 2 aromatic heterocycles. The molecule has 1 aliphatic carbocycles. The summed E-state index contributed by atoms with van der Waals surface area (Å²) in [6.45, 7) is 6.40. The van der Waals surface area contributed by atoms with E-state index in [1.807, 2.05) is 54.0 Å². The van der Waals surface area contributed by atoms with E-state index in [0.717, 1.165) is 97.8 Å². The Morgan fingerprint density at radius 1 is 0.727 bits per heavy atom. The Hall–Kier alpha value is -6.31. The fourth-order valence-corrected chi connectivity index (χ4v) is 10.8. The number of H-pyrrole nitrogens is 2. The maximum atomic E-state index is 14.2. The molecule has 5 N–H and O–H groups in total. The van der Waals surface area contributed by atoms with E-state index in [1.54, 1.807) is 0 Å². The largest absolute Gasteiger partial charge is 0.453 e. The molecule has 0 spiro atoms. The number of likely N-dealkylation sites (tertiary alicyclic amines) is 2. The number of rotatable bonds is 12. The first-order valence-electron chi connectivity index (χ1n) is 23.8. The van der Waals surface area contributed by atoms with E-state index in [9.17, 15) is 14.4 Å². The van der Waals surface area contributed by atoms with Crippen molar-refractivity contribution in [2.24, 2.45) is 23.5 Å². The van der Waals surface area contributed by atoms with Crippen molar-refractivity contribution in [1.29, 1.82) is 0 Å². The Labute approximate surface area is 384 Å². The lowest BCUT2D eigenvalue weighted by Crippen LogP contribution is -2.51. The summed E-state index contributed by atoms with van der Waals surface area (Å²) < 4.78 is 11.2. The maximum Gasteiger partial charge on any atom is 0.407 e. The Kier molecular flexibility index (Phi) is 12.2. The van der Waals surface area contributed by atoms with Gasteiger partial charge < -0.3 is 40.3 Å². The molecule has 13 heteroatoms. The van der Waals surface area contributed by atoms with Crippen LogP contribution in [0.4, 0.5) is 4.79 Å². The molecule has 3 aliphatic rings. The number of aromatic nitrogens is 4. The van der Waals surface area contributed by atoms with Gasteiger partial charge in [-0.1, -0.05) is 99.8 Å². The lowest BCUT2D eigenvalue weighted by Gasteiger charge is -2.29. The lowest BCUT2D eigenvalue weighted by molar-refractivity contribution is -0.135. The van der Waals surface area contributed by atoms with E-state index in [4.69, 9.17) is 25.2 Å². The predicted molar refractivity (Wildman–Crippen MR) is 257 cm³/mol. The van der Waals surface area contributed by atoms with Crippen molar-refractivity contribution >= 4 is 61.5 Å². The van der Waals surface area contributed by atoms with Crippen LogP contribution >= 0.6 is 0 Å². The van der Waals surface area contributed by atoms with Crippen LogP contribution in [0, 0.1) is 17.8 Å². The predicted octanol–water partition coefficient (Wildman–Crippen LogP) is 9.64. The van der Waals surface area contributed by atoms with Crippen LogP contribution in [0.5, 0.6) is 0 Å². The summed E-state index contributed by atoms with van der Waals surface area (Å²) in [6.07, 6.45) is 8.14. The average molecular weight is 889 g/mol. The van der Waals surface area contributed by atoms with E-state index in [2.05, 4.69) is 75.9 Å². The number of nitrogens with one attached hydrogen (secondary N) is 3. The summed E-state index contributed by atoms with van der Waals surface area (Å²) in [6, 6.07) is 29.1. The number of hydrogen-bond acceptors (Lipinski definition) is 8. The fourth-order valence-electron chi connectivity index (χ4n) is 10.8. The van der Waals surface area contributed by atoms with E-state index in [1.165, 1.54) is 39.2 Å². The maximum absolute atomic E-state index is 14.2. The third-order valence-electron chi connectivity index (χ3n) is 14.4. The second-order valence-electron chi connectivity index (χ2n) is 19.1. The molecular formula is C53H60N8O5. The second-order valence-corrected chi connectivity index (χ2v) is 19.1. The van der Waals surface area contributed by atoms with Gasteiger partial charge in [-0.25, -0.2) is 14.8 Å². The molecule has 13 nitrogen and oxygen atoms in total. The van der Waals surface area contributed by atoms with Crippen LogP contribution in [0.1, 0.15) is 101 Å². The molecule has 0 bridgehead atoms.